The van der Waals surface area contributed by atoms with Gasteiger partial charge in [0, 0.05) is 6.54 Å². The van der Waals surface area contributed by atoms with Gasteiger partial charge in [0.15, 0.2) is 0 Å². The average Bonchev–Trinajstić information content (AvgIpc) is 2.66. The molecule has 138 valence electrons. The number of hydrogen-bond donors (Lipinski definition) is 1. The van der Waals surface area contributed by atoms with Crippen LogP contribution in [-0.2, 0) is 39.0 Å². The van der Waals surface area contributed by atoms with Crippen LogP contribution in [0.3, 0.4) is 0 Å². The Balaban J connectivity index is 1.49. The average molecular weight is 373 g/mol. The summed E-state index contributed by atoms with van der Waals surface area (Å²) in [5.74, 6) is -0.429. The van der Waals surface area contributed by atoms with E-state index in [1.165, 1.54) is 5.56 Å². The van der Waals surface area contributed by atoms with Crippen LogP contribution in [0.4, 0.5) is 0 Å². The van der Waals surface area contributed by atoms with E-state index in [0.29, 0.717) is 0 Å². The molecule has 0 heterocycles. The van der Waals surface area contributed by atoms with E-state index in [2.05, 4.69) is 4.72 Å². The molecule has 0 unspecified atom stereocenters. The molecule has 0 bridgehead atoms. The predicted molar refractivity (Wildman–Crippen MR) is 99.1 cm³/mol. The first kappa shape index (κ1) is 18.6. The monoisotopic (exact) mass is 373 g/mol. The Bertz CT molecular complexity index is 863. The molecule has 0 aromatic heterocycles. The first-order valence-electron chi connectivity index (χ1n) is 8.85. The number of ether oxygens (including phenoxy) is 1. The second-order valence-electron chi connectivity index (χ2n) is 6.43. The van der Waals surface area contributed by atoms with Gasteiger partial charge in [-0.3, -0.25) is 4.79 Å². The van der Waals surface area contributed by atoms with Gasteiger partial charge < -0.3 is 4.74 Å². The maximum Gasteiger partial charge on any atom is 0.307 e. The van der Waals surface area contributed by atoms with Crippen molar-refractivity contribution < 1.29 is 17.9 Å². The number of carbonyl (C=O) groups is 1. The van der Waals surface area contributed by atoms with Crippen LogP contribution in [0.15, 0.2) is 53.4 Å². The Kier molecular flexibility index (Phi) is 6.06. The maximum absolute atomic E-state index is 12.4. The van der Waals surface area contributed by atoms with Crippen molar-refractivity contribution in [2.24, 2.45) is 0 Å². The van der Waals surface area contributed by atoms with Crippen molar-refractivity contribution in [1.82, 2.24) is 4.72 Å². The van der Waals surface area contributed by atoms with E-state index in [1.54, 1.807) is 12.1 Å². The summed E-state index contributed by atoms with van der Waals surface area (Å²) in [4.78, 5) is 12.0. The van der Waals surface area contributed by atoms with Gasteiger partial charge in [-0.05, 0) is 54.5 Å². The topological polar surface area (TPSA) is 72.5 Å². The van der Waals surface area contributed by atoms with E-state index in [9.17, 15) is 13.2 Å². The van der Waals surface area contributed by atoms with Crippen molar-refractivity contribution in [1.29, 1.82) is 0 Å². The molecule has 0 saturated carbocycles. The molecule has 0 spiro atoms. The molecule has 0 radical (unpaired) electrons. The minimum absolute atomic E-state index is 0.00297. The Morgan fingerprint density at radius 3 is 2.50 bits per heavy atom. The SMILES string of the molecule is O=C(CCNS(=O)(=O)c1ccc2c(c1)CCCC2)OCc1ccccc1. The number of nitrogens with one attached hydrogen (secondary N) is 1. The third-order valence-corrected chi connectivity index (χ3v) is 5.95. The normalized spacial score (nSPS) is 13.8. The van der Waals surface area contributed by atoms with Crippen molar-refractivity contribution in [3.8, 4) is 0 Å². The summed E-state index contributed by atoms with van der Waals surface area (Å²) >= 11 is 0. The van der Waals surface area contributed by atoms with Gasteiger partial charge in [0.2, 0.25) is 10.0 Å². The van der Waals surface area contributed by atoms with Crippen LogP contribution in [-0.4, -0.2) is 20.9 Å². The summed E-state index contributed by atoms with van der Waals surface area (Å²) in [5, 5.41) is 0. The van der Waals surface area contributed by atoms with Gasteiger partial charge in [0.05, 0.1) is 11.3 Å². The third kappa shape index (κ3) is 4.93. The second kappa shape index (κ2) is 8.47. The van der Waals surface area contributed by atoms with Gasteiger partial charge >= 0.3 is 5.97 Å². The highest BCUT2D eigenvalue weighted by atomic mass is 32.2. The van der Waals surface area contributed by atoms with Crippen molar-refractivity contribution in [2.45, 2.75) is 43.6 Å². The minimum atomic E-state index is -3.61. The van der Waals surface area contributed by atoms with E-state index >= 15 is 0 Å². The molecular weight excluding hydrogens is 350 g/mol. The Morgan fingerprint density at radius 2 is 1.73 bits per heavy atom. The lowest BCUT2D eigenvalue weighted by molar-refractivity contribution is -0.144. The summed E-state index contributed by atoms with van der Waals surface area (Å²) in [6, 6.07) is 14.7. The summed E-state index contributed by atoms with van der Waals surface area (Å²) in [6.07, 6.45) is 4.18. The quantitative estimate of drug-likeness (QED) is 0.758. The lowest BCUT2D eigenvalue weighted by Crippen LogP contribution is -2.27. The number of carbonyl (C=O) groups excluding carboxylic acids is 1. The molecule has 0 amide bonds. The van der Waals surface area contributed by atoms with E-state index in [0.717, 1.165) is 36.8 Å². The van der Waals surface area contributed by atoms with Gasteiger partial charge in [0.1, 0.15) is 6.61 Å². The number of hydrogen-bond acceptors (Lipinski definition) is 4. The lowest BCUT2D eigenvalue weighted by Gasteiger charge is -2.16. The molecule has 0 saturated heterocycles. The van der Waals surface area contributed by atoms with Crippen molar-refractivity contribution >= 4 is 16.0 Å². The molecule has 3 rings (SSSR count). The first-order valence-corrected chi connectivity index (χ1v) is 10.3. The fourth-order valence-electron chi connectivity index (χ4n) is 3.06. The number of aryl methyl sites for hydroxylation is 2. The maximum atomic E-state index is 12.4. The highest BCUT2D eigenvalue weighted by Gasteiger charge is 2.18. The van der Waals surface area contributed by atoms with Crippen LogP contribution in [0.5, 0.6) is 0 Å². The van der Waals surface area contributed by atoms with E-state index < -0.39 is 16.0 Å². The summed E-state index contributed by atoms with van der Waals surface area (Å²) in [7, 11) is -3.61. The lowest BCUT2D eigenvalue weighted by atomic mass is 9.92. The zero-order chi connectivity index (χ0) is 18.4. The summed E-state index contributed by atoms with van der Waals surface area (Å²) < 4.78 is 32.5. The van der Waals surface area contributed by atoms with Gasteiger partial charge in [0.25, 0.3) is 0 Å². The van der Waals surface area contributed by atoms with Crippen molar-refractivity contribution in [3.63, 3.8) is 0 Å². The predicted octanol–water partition coefficient (Wildman–Crippen LogP) is 2.98. The molecule has 1 aliphatic rings. The molecule has 0 atom stereocenters. The molecular formula is C20H23NO4S. The zero-order valence-electron chi connectivity index (χ0n) is 14.6. The van der Waals surface area contributed by atoms with E-state index in [1.807, 2.05) is 36.4 Å². The number of rotatable bonds is 7. The fraction of sp³-hybridized carbons (Fsp3) is 0.350. The van der Waals surface area contributed by atoms with Gasteiger partial charge in [-0.2, -0.15) is 0 Å². The van der Waals surface area contributed by atoms with E-state index in [4.69, 9.17) is 4.74 Å². The Hall–Kier alpha value is -2.18. The molecule has 26 heavy (non-hydrogen) atoms. The zero-order valence-corrected chi connectivity index (χ0v) is 15.4. The molecule has 0 fully saturated rings. The van der Waals surface area contributed by atoms with Gasteiger partial charge in [-0.25, -0.2) is 13.1 Å². The van der Waals surface area contributed by atoms with E-state index in [-0.39, 0.29) is 24.5 Å². The molecule has 5 nitrogen and oxygen atoms in total. The Morgan fingerprint density at radius 1 is 1.00 bits per heavy atom. The van der Waals surface area contributed by atoms with Crippen LogP contribution in [0.2, 0.25) is 0 Å². The molecule has 1 N–H and O–H groups in total. The molecule has 6 heteroatoms. The van der Waals surface area contributed by atoms with Crippen molar-refractivity contribution in [2.75, 3.05) is 6.54 Å². The highest BCUT2D eigenvalue weighted by molar-refractivity contribution is 7.89. The largest absolute Gasteiger partial charge is 0.461 e. The van der Waals surface area contributed by atoms with Gasteiger partial charge in [-0.15, -0.1) is 0 Å². The molecule has 2 aromatic carbocycles. The first-order chi connectivity index (χ1) is 12.5. The highest BCUT2D eigenvalue weighted by Crippen LogP contribution is 2.24. The second-order valence-corrected chi connectivity index (χ2v) is 8.20. The summed E-state index contributed by atoms with van der Waals surface area (Å²) in [6.45, 7) is 0.213. The van der Waals surface area contributed by atoms with Crippen LogP contribution in [0, 0.1) is 0 Å². The molecule has 1 aliphatic carbocycles. The fourth-order valence-corrected chi connectivity index (χ4v) is 4.14. The molecule has 0 aliphatic heterocycles. The summed E-state index contributed by atoms with van der Waals surface area (Å²) in [5.41, 5.74) is 3.25. The number of fused-ring (bicyclic) bond motifs is 1. The minimum Gasteiger partial charge on any atom is -0.461 e. The number of sulfonamides is 1. The van der Waals surface area contributed by atoms with Crippen molar-refractivity contribution in [3.05, 3.63) is 65.2 Å². The number of esters is 1. The number of benzene rings is 2. The van der Waals surface area contributed by atoms with Crippen LogP contribution < -0.4 is 4.72 Å². The van der Waals surface area contributed by atoms with Crippen LogP contribution in [0.1, 0.15) is 36.0 Å². The third-order valence-electron chi connectivity index (χ3n) is 4.49. The standard InChI is InChI=1S/C20H23NO4S/c22-20(25-15-16-6-2-1-3-7-16)12-13-21-26(23,24)19-11-10-17-8-4-5-9-18(17)14-19/h1-3,6-7,10-11,14,21H,4-5,8-9,12-13,15H2. The smallest absolute Gasteiger partial charge is 0.307 e. The van der Waals surface area contributed by atoms with Gasteiger partial charge in [-0.1, -0.05) is 36.4 Å². The molecule has 2 aromatic rings. The Labute approximate surface area is 154 Å². The van der Waals surface area contributed by atoms with Crippen LogP contribution >= 0.6 is 0 Å². The van der Waals surface area contributed by atoms with Crippen LogP contribution in [0.25, 0.3) is 0 Å².